The van der Waals surface area contributed by atoms with Gasteiger partial charge < -0.3 is 123 Å². The van der Waals surface area contributed by atoms with E-state index in [1.165, 1.54) is 48.7 Å². The maximum Gasteiger partial charge on any atom is 2.00 e. The Morgan fingerprint density at radius 1 is 0.449 bits per heavy atom. The Morgan fingerprint density at radius 3 is 1.48 bits per heavy atom. The second-order valence-corrected chi connectivity index (χ2v) is 28.0. The second kappa shape index (κ2) is 42.9. The van der Waals surface area contributed by atoms with Gasteiger partial charge in [-0.05, 0) is 120 Å². The van der Waals surface area contributed by atoms with Gasteiger partial charge in [0.1, 0.15) is 114 Å². The van der Waals surface area contributed by atoms with Crippen molar-refractivity contribution in [3.63, 3.8) is 0 Å². The number of benzene rings is 10. The molecule has 0 radical (unpaired) electrons. The Labute approximate surface area is 756 Å². The fourth-order valence-corrected chi connectivity index (χ4v) is 14.1. The summed E-state index contributed by atoms with van der Waals surface area (Å²) < 4.78 is 96.3. The fraction of sp³-hybridized carbons (Fsp3) is 0.198. The van der Waals surface area contributed by atoms with E-state index in [1.807, 2.05) is 80.9 Å². The SMILES string of the molecule is C[CH-]C.Cl.FC(F)(F)c1cccnc1CCl.O=C1Nc2ccccc2C1(O)c1cc2c(cc1O)OCCO2.O=C1Nc2ccccc2C12COc1cc3c(cc12)OCCO3.O=C1Nc2ccccc2C1=O.O=C1Nc2ccccc2C1c1cc2c(cc1O)OCCO2.O=Cc1ccc(O)c(O)c1.O=Cc1ccc2c(c1)OCCO2.Oc1ccc2c(c1)OCCO2.[Cl-].[Mg+2]. The number of carbonyl (C=O) groups is 7. The predicted octanol–water partition coefficient (Wildman–Crippen LogP) is 11.0. The molecule has 127 heavy (non-hydrogen) atoms. The summed E-state index contributed by atoms with van der Waals surface area (Å²) in [5, 5.41) is 69.0. The van der Waals surface area contributed by atoms with Crippen LogP contribution in [-0.2, 0) is 42.3 Å². The third kappa shape index (κ3) is 21.3. The average Bonchev–Trinajstić information content (AvgIpc) is 1.52. The van der Waals surface area contributed by atoms with E-state index in [1.54, 1.807) is 91.0 Å². The molecule has 0 saturated heterocycles. The molecular weight excluding hydrogens is 1730 g/mol. The van der Waals surface area contributed by atoms with Crippen molar-refractivity contribution in [2.45, 2.75) is 42.8 Å². The molecule has 1 aromatic heterocycles. The number of aromatic hydroxyl groups is 5. The van der Waals surface area contributed by atoms with Crippen molar-refractivity contribution in [1.82, 2.24) is 4.98 Å². The number of aliphatic hydroxyl groups is 1. The van der Waals surface area contributed by atoms with Crippen LogP contribution in [-0.4, -0.2) is 173 Å². The number of para-hydroxylation sites is 4. The van der Waals surface area contributed by atoms with E-state index in [0.717, 1.165) is 40.4 Å². The standard InChI is InChI=1S/C17H13NO4.C16H13NO5.C16H13NO4.C9H8O3.C8H5NO2.C8H8O3.C7H5ClF3N.C7H6O3.C3H7.2ClH.Mg/c19-16-17(10-3-1-2-4-12(10)18-16)9-22-13-8-15-14(7-11(13)17)20-5-6-21-15;18-12-8-14-13(21-5-6-22-14)7-10(12)16(20)9-3-1-2-4-11(9)17-15(16)19;18-12-8-14-13(20-5-6-21-14)7-10(12)15-9-3-1-2-4-11(9)17-16(15)19;10-6-7-1-2-8-9(5-7)12-4-3-11-8;10-7-5-3-1-2-4-6(5)9-8(7)11;9-6-1-2-7-8(5-6)11-4-3-10-7;8-4-6-5(7(9,10)11)2-1-3-12-6;8-4-5-1-2-6(9)7(10)3-5;1-3-2;;;/h1-4,7-8H,5-6,9H2,(H,18,19);1-4,7-8,18,20H,5-6H2,(H,17,19);1-4,7-8,15,18H,5-6H2,(H,17,19);1-2,5-6H,3-4H2;1-4H,(H,9,10,11);1-2,5,9H,3-4H2;1-3H,4H2;1-4,9-10H;3H,1-2H3;2*1H;/q;;;;;;;;-1;;;+2/p-1. The molecule has 11 aromatic rings. The summed E-state index contributed by atoms with van der Waals surface area (Å²) in [6.45, 7) is 9.29. The maximum absolute atomic E-state index is 12.7. The van der Waals surface area contributed by atoms with Gasteiger partial charge in [-0.3, -0.25) is 38.5 Å². The first-order valence-electron chi connectivity index (χ1n) is 38.3. The van der Waals surface area contributed by atoms with Crippen LogP contribution in [0.4, 0.5) is 35.9 Å². The summed E-state index contributed by atoms with van der Waals surface area (Å²) in [5.41, 5.74) is 4.18. The smallest absolute Gasteiger partial charge is 1.00 e. The van der Waals surface area contributed by atoms with Crippen LogP contribution >= 0.6 is 24.0 Å². The van der Waals surface area contributed by atoms with Crippen LogP contribution in [0.15, 0.2) is 206 Å². The fourth-order valence-electron chi connectivity index (χ4n) is 13.9. The molecule has 21 rings (SSSR count). The summed E-state index contributed by atoms with van der Waals surface area (Å²) in [6, 6.07) is 54.7. The number of phenols is 5. The molecule has 1 spiro atoms. The van der Waals surface area contributed by atoms with Gasteiger partial charge in [-0.1, -0.05) is 66.7 Å². The van der Waals surface area contributed by atoms with Gasteiger partial charge in [-0.25, -0.2) is 0 Å². The van der Waals surface area contributed by atoms with Crippen LogP contribution in [0.3, 0.4) is 0 Å². The number of carbonyl (C=O) groups excluding carboxylic acids is 7. The number of rotatable bonds is 5. The normalized spacial score (nSPS) is 16.9. The number of aldehydes is 2. The molecule has 10 N–H and O–H groups in total. The second-order valence-electron chi connectivity index (χ2n) is 27.7. The van der Waals surface area contributed by atoms with Gasteiger partial charge >= 0.3 is 29.2 Å². The van der Waals surface area contributed by atoms with Gasteiger partial charge in [-0.15, -0.1) is 24.0 Å². The largest absolute Gasteiger partial charge is 2.00 e. The van der Waals surface area contributed by atoms with Crippen LogP contribution in [0.25, 0.3) is 0 Å². The Morgan fingerprint density at radius 2 is 0.913 bits per heavy atom. The summed E-state index contributed by atoms with van der Waals surface area (Å²) in [6.07, 6.45) is 0.308. The zero-order valence-corrected chi connectivity index (χ0v) is 71.2. The minimum absolute atomic E-state index is 0. The number of ether oxygens (including phenoxy) is 11. The average molecular weight is 1810 g/mol. The van der Waals surface area contributed by atoms with Gasteiger partial charge in [0, 0.05) is 80.9 Å². The minimum Gasteiger partial charge on any atom is -1.00 e. The Hall–Kier alpha value is -13.6. The molecule has 36 heteroatoms. The monoisotopic (exact) mass is 1810 g/mol. The van der Waals surface area contributed by atoms with E-state index in [-0.39, 0.29) is 106 Å². The summed E-state index contributed by atoms with van der Waals surface area (Å²) in [5.74, 6) is 3.57. The molecule has 0 aliphatic carbocycles. The Balaban J connectivity index is 0.000000153. The molecule has 4 amide bonds. The van der Waals surface area contributed by atoms with Crippen molar-refractivity contribution in [3.8, 4) is 92.0 Å². The number of ketones is 1. The van der Waals surface area contributed by atoms with Crippen LogP contribution < -0.4 is 85.8 Å². The van der Waals surface area contributed by atoms with Crippen molar-refractivity contribution in [2.24, 2.45) is 0 Å². The number of phenolic OH excluding ortho intramolecular Hbond substituents is 5. The number of hydrogen-bond acceptors (Lipinski definition) is 25. The van der Waals surface area contributed by atoms with E-state index in [9.17, 15) is 62.1 Å². The Bertz CT molecular complexity index is 5870. The zero-order chi connectivity index (χ0) is 87.8. The molecule has 3 atom stereocenters. The predicted molar refractivity (Wildman–Crippen MR) is 456 cm³/mol. The number of halogens is 6. The van der Waals surface area contributed by atoms with Crippen LogP contribution in [0.2, 0.25) is 0 Å². The summed E-state index contributed by atoms with van der Waals surface area (Å²) >= 11 is 5.28. The number of nitrogens with zero attached hydrogens (tertiary/aromatic N) is 1. The number of Topliss-reactive ketones (excluding diaryl/α,β-unsaturated/α-hetero) is 1. The van der Waals surface area contributed by atoms with Crippen molar-refractivity contribution in [2.75, 3.05) is 93.9 Å². The van der Waals surface area contributed by atoms with Crippen molar-refractivity contribution < 1.29 is 142 Å². The molecule has 11 heterocycles. The molecule has 656 valence electrons. The van der Waals surface area contributed by atoms with Crippen molar-refractivity contribution >= 4 is 112 Å². The van der Waals surface area contributed by atoms with Gasteiger partial charge in [0.2, 0.25) is 11.8 Å². The molecule has 10 aliphatic rings. The molecule has 0 bridgehead atoms. The van der Waals surface area contributed by atoms with E-state index in [2.05, 4.69) is 26.3 Å². The minimum atomic E-state index is -4.36. The summed E-state index contributed by atoms with van der Waals surface area (Å²) in [7, 11) is 0. The molecular formula is C91H79Cl3F3MgN5O24. The third-order valence-corrected chi connectivity index (χ3v) is 19.9. The van der Waals surface area contributed by atoms with Crippen LogP contribution in [0.1, 0.15) is 95.5 Å². The maximum atomic E-state index is 12.7. The number of amides is 4. The van der Waals surface area contributed by atoms with Gasteiger partial charge in [-0.2, -0.15) is 27.0 Å². The van der Waals surface area contributed by atoms with Crippen molar-refractivity contribution in [3.05, 3.63) is 274 Å². The van der Waals surface area contributed by atoms with E-state index < -0.39 is 46.3 Å². The number of aromatic nitrogens is 1. The number of hydrogen-bond donors (Lipinski definition) is 10. The van der Waals surface area contributed by atoms with E-state index >= 15 is 0 Å². The van der Waals surface area contributed by atoms with Crippen LogP contribution in [0, 0.1) is 6.42 Å². The number of anilines is 4. The van der Waals surface area contributed by atoms with Gasteiger partial charge in [0.15, 0.2) is 74.6 Å². The molecule has 0 saturated carbocycles. The first-order valence-corrected chi connectivity index (χ1v) is 38.9. The molecule has 10 aliphatic heterocycles. The number of nitrogens with one attached hydrogen (secondary N) is 4. The number of pyridine rings is 1. The van der Waals surface area contributed by atoms with Crippen molar-refractivity contribution in [1.29, 1.82) is 0 Å². The number of alkyl halides is 4. The Kier molecular flexibility index (Phi) is 32.3. The quantitative estimate of drug-likeness (QED) is 0.0191. The van der Waals surface area contributed by atoms with Crippen LogP contribution in [0.5, 0.6) is 92.0 Å². The summed E-state index contributed by atoms with van der Waals surface area (Å²) in [4.78, 5) is 83.0. The van der Waals surface area contributed by atoms with E-state index in [4.69, 9.17) is 79.0 Å². The van der Waals surface area contributed by atoms with E-state index in [0.29, 0.717) is 181 Å². The third-order valence-electron chi connectivity index (χ3n) is 19.6. The van der Waals surface area contributed by atoms with Gasteiger partial charge in [0.05, 0.1) is 34.3 Å². The number of fused-ring (bicyclic) bond motifs is 12. The topological polar surface area (TPSA) is 403 Å². The molecule has 10 aromatic carbocycles. The zero-order valence-electron chi connectivity index (χ0n) is 67.4. The molecule has 3 unspecified atom stereocenters. The molecule has 0 fully saturated rings. The molecule has 29 nitrogen and oxygen atoms in total. The first-order chi connectivity index (χ1) is 59.9. The first kappa shape index (κ1) is 95.7. The van der Waals surface area contributed by atoms with Gasteiger partial charge in [0.25, 0.3) is 17.6 Å².